The molecule has 0 atom stereocenters. The van der Waals surface area contributed by atoms with Gasteiger partial charge in [-0.15, -0.1) is 0 Å². The van der Waals surface area contributed by atoms with Gasteiger partial charge < -0.3 is 4.74 Å². The SMILES string of the molecule is COC(=O)c1c(F)ccc(NS(=O)(=O)c2cccc(Cl)c2)c1F. The number of carbonyl (C=O) groups excluding carboxylic acids is 1. The standard InChI is InChI=1S/C14H10ClF2NO4S/c1-22-14(19)12-10(16)5-6-11(13(12)17)18-23(20,21)9-4-2-3-8(15)7-9/h2-7,18H,1H3. The van der Waals surface area contributed by atoms with Crippen LogP contribution in [0.5, 0.6) is 0 Å². The van der Waals surface area contributed by atoms with Crippen LogP contribution in [0.4, 0.5) is 14.5 Å². The van der Waals surface area contributed by atoms with E-state index in [9.17, 15) is 22.0 Å². The van der Waals surface area contributed by atoms with Crippen LogP contribution in [0.15, 0.2) is 41.3 Å². The van der Waals surface area contributed by atoms with Gasteiger partial charge in [0.1, 0.15) is 11.4 Å². The first-order valence-electron chi connectivity index (χ1n) is 6.11. The van der Waals surface area contributed by atoms with Gasteiger partial charge in [0.05, 0.1) is 17.7 Å². The molecule has 0 unspecified atom stereocenters. The number of hydrogen-bond donors (Lipinski definition) is 1. The molecule has 5 nitrogen and oxygen atoms in total. The molecule has 0 saturated heterocycles. The molecule has 0 saturated carbocycles. The van der Waals surface area contributed by atoms with Crippen molar-refractivity contribution in [2.45, 2.75) is 4.90 Å². The molecule has 0 aliphatic heterocycles. The molecule has 2 aromatic rings. The van der Waals surface area contributed by atoms with Crippen molar-refractivity contribution in [3.63, 3.8) is 0 Å². The molecule has 9 heteroatoms. The second-order valence-electron chi connectivity index (χ2n) is 4.34. The van der Waals surface area contributed by atoms with Crippen molar-refractivity contribution in [1.29, 1.82) is 0 Å². The molecule has 0 aliphatic carbocycles. The van der Waals surface area contributed by atoms with Crippen LogP contribution in [0.1, 0.15) is 10.4 Å². The molecule has 0 heterocycles. The number of benzene rings is 2. The monoisotopic (exact) mass is 361 g/mol. The van der Waals surface area contributed by atoms with Gasteiger partial charge >= 0.3 is 5.97 Å². The Morgan fingerprint density at radius 1 is 1.22 bits per heavy atom. The zero-order valence-corrected chi connectivity index (χ0v) is 13.2. The lowest BCUT2D eigenvalue weighted by Gasteiger charge is -2.11. The summed E-state index contributed by atoms with van der Waals surface area (Å²) < 4.78 is 58.3. The van der Waals surface area contributed by atoms with E-state index in [-0.39, 0.29) is 9.92 Å². The fourth-order valence-corrected chi connectivity index (χ4v) is 3.12. The predicted molar refractivity (Wildman–Crippen MR) is 80.0 cm³/mol. The van der Waals surface area contributed by atoms with E-state index in [1.807, 2.05) is 4.72 Å². The van der Waals surface area contributed by atoms with Crippen LogP contribution < -0.4 is 4.72 Å². The van der Waals surface area contributed by atoms with E-state index in [4.69, 9.17) is 11.6 Å². The van der Waals surface area contributed by atoms with Gasteiger partial charge in [0, 0.05) is 5.02 Å². The van der Waals surface area contributed by atoms with Crippen LogP contribution in [-0.2, 0) is 14.8 Å². The third-order valence-corrected chi connectivity index (χ3v) is 4.43. The Hall–Kier alpha value is -2.19. The van der Waals surface area contributed by atoms with Crippen LogP contribution in [0, 0.1) is 11.6 Å². The number of halogens is 3. The van der Waals surface area contributed by atoms with Crippen molar-refractivity contribution in [2.24, 2.45) is 0 Å². The minimum atomic E-state index is -4.17. The maximum absolute atomic E-state index is 14.2. The van der Waals surface area contributed by atoms with Gasteiger partial charge in [-0.25, -0.2) is 22.0 Å². The van der Waals surface area contributed by atoms with E-state index in [0.29, 0.717) is 0 Å². The lowest BCUT2D eigenvalue weighted by Crippen LogP contribution is -2.16. The van der Waals surface area contributed by atoms with Crippen molar-refractivity contribution in [2.75, 3.05) is 11.8 Å². The number of anilines is 1. The Kier molecular flexibility index (Phi) is 4.86. The van der Waals surface area contributed by atoms with Crippen LogP contribution >= 0.6 is 11.6 Å². The number of esters is 1. The van der Waals surface area contributed by atoms with Crippen LogP contribution in [-0.4, -0.2) is 21.5 Å². The van der Waals surface area contributed by atoms with Crippen molar-refractivity contribution < 1.29 is 26.7 Å². The number of sulfonamides is 1. The fourth-order valence-electron chi connectivity index (χ4n) is 1.76. The third kappa shape index (κ3) is 3.59. The Morgan fingerprint density at radius 2 is 1.91 bits per heavy atom. The summed E-state index contributed by atoms with van der Waals surface area (Å²) in [6.07, 6.45) is 0. The Morgan fingerprint density at radius 3 is 2.52 bits per heavy atom. The van der Waals surface area contributed by atoms with Gasteiger partial charge in [-0.3, -0.25) is 4.72 Å². The highest BCUT2D eigenvalue weighted by Gasteiger charge is 2.24. The Labute approximate surface area is 135 Å². The zero-order chi connectivity index (χ0) is 17.2. The second kappa shape index (κ2) is 6.51. The molecule has 0 aliphatic rings. The predicted octanol–water partition coefficient (Wildman–Crippen LogP) is 3.21. The number of nitrogens with one attached hydrogen (secondary N) is 1. The summed E-state index contributed by atoms with van der Waals surface area (Å²) in [6, 6.07) is 6.89. The van der Waals surface area contributed by atoms with Gasteiger partial charge in [-0.1, -0.05) is 17.7 Å². The van der Waals surface area contributed by atoms with E-state index < -0.39 is 38.9 Å². The highest BCUT2D eigenvalue weighted by atomic mass is 35.5. The minimum absolute atomic E-state index is 0.169. The van der Waals surface area contributed by atoms with Crippen molar-refractivity contribution in [3.05, 3.63) is 58.6 Å². The normalized spacial score (nSPS) is 11.1. The smallest absolute Gasteiger partial charge is 0.343 e. The van der Waals surface area contributed by atoms with Crippen LogP contribution in [0.3, 0.4) is 0 Å². The van der Waals surface area contributed by atoms with Gasteiger partial charge in [0.2, 0.25) is 0 Å². The Balaban J connectivity index is 2.46. The molecule has 0 aromatic heterocycles. The molecule has 2 aromatic carbocycles. The summed E-state index contributed by atoms with van der Waals surface area (Å²) in [7, 11) is -3.22. The summed E-state index contributed by atoms with van der Waals surface area (Å²) in [5.41, 5.74) is -1.58. The first kappa shape index (κ1) is 17.2. The Bertz CT molecular complexity index is 871. The average Bonchev–Trinajstić information content (AvgIpc) is 2.50. The van der Waals surface area contributed by atoms with E-state index in [1.54, 1.807) is 0 Å². The summed E-state index contributed by atoms with van der Waals surface area (Å²) >= 11 is 5.71. The summed E-state index contributed by atoms with van der Waals surface area (Å²) in [5.74, 6) is -3.80. The van der Waals surface area contributed by atoms with E-state index in [1.165, 1.54) is 18.2 Å². The molecule has 0 radical (unpaired) electrons. The van der Waals surface area contributed by atoms with E-state index in [0.717, 1.165) is 25.3 Å². The van der Waals surface area contributed by atoms with Gasteiger partial charge in [0.25, 0.3) is 10.0 Å². The number of methoxy groups -OCH3 is 1. The maximum Gasteiger partial charge on any atom is 0.343 e. The highest BCUT2D eigenvalue weighted by Crippen LogP contribution is 2.25. The number of hydrogen-bond acceptors (Lipinski definition) is 4. The third-order valence-electron chi connectivity index (χ3n) is 2.83. The minimum Gasteiger partial charge on any atom is -0.465 e. The van der Waals surface area contributed by atoms with Crippen molar-refractivity contribution >= 4 is 33.3 Å². The first-order valence-corrected chi connectivity index (χ1v) is 7.97. The van der Waals surface area contributed by atoms with E-state index >= 15 is 0 Å². The van der Waals surface area contributed by atoms with Crippen molar-refractivity contribution in [3.8, 4) is 0 Å². The van der Waals surface area contributed by atoms with Gasteiger partial charge in [-0.05, 0) is 30.3 Å². The molecule has 0 bridgehead atoms. The topological polar surface area (TPSA) is 72.5 Å². The second-order valence-corrected chi connectivity index (χ2v) is 6.46. The first-order chi connectivity index (χ1) is 10.8. The molecule has 23 heavy (non-hydrogen) atoms. The zero-order valence-electron chi connectivity index (χ0n) is 11.6. The maximum atomic E-state index is 14.2. The summed E-state index contributed by atoms with van der Waals surface area (Å²) in [6.45, 7) is 0. The van der Waals surface area contributed by atoms with Crippen LogP contribution in [0.2, 0.25) is 5.02 Å². The molecular weight excluding hydrogens is 352 g/mol. The molecule has 122 valence electrons. The lowest BCUT2D eigenvalue weighted by atomic mass is 10.2. The van der Waals surface area contributed by atoms with Gasteiger partial charge in [-0.2, -0.15) is 0 Å². The molecular formula is C14H10ClF2NO4S. The summed E-state index contributed by atoms with van der Waals surface area (Å²) in [4.78, 5) is 11.2. The van der Waals surface area contributed by atoms with Crippen LogP contribution in [0.25, 0.3) is 0 Å². The van der Waals surface area contributed by atoms with Crippen molar-refractivity contribution in [1.82, 2.24) is 0 Å². The number of carbonyl (C=O) groups is 1. The number of ether oxygens (including phenoxy) is 1. The summed E-state index contributed by atoms with van der Waals surface area (Å²) in [5, 5.41) is 0.169. The fraction of sp³-hybridized carbons (Fsp3) is 0.0714. The molecule has 2 rings (SSSR count). The highest BCUT2D eigenvalue weighted by molar-refractivity contribution is 7.92. The lowest BCUT2D eigenvalue weighted by molar-refractivity contribution is 0.0590. The molecule has 0 spiro atoms. The molecule has 0 amide bonds. The average molecular weight is 362 g/mol. The number of rotatable bonds is 4. The molecule has 1 N–H and O–H groups in total. The quantitative estimate of drug-likeness (QED) is 0.849. The molecule has 0 fully saturated rings. The van der Waals surface area contributed by atoms with Gasteiger partial charge in [0.15, 0.2) is 5.82 Å². The van der Waals surface area contributed by atoms with E-state index in [2.05, 4.69) is 4.74 Å². The largest absolute Gasteiger partial charge is 0.465 e.